The molecule has 1 aliphatic rings. The predicted molar refractivity (Wildman–Crippen MR) is 68.6 cm³/mol. The van der Waals surface area contributed by atoms with Crippen LogP contribution in [0.5, 0.6) is 0 Å². The molecule has 0 aromatic rings. The molecule has 1 rings (SSSR count). The molecule has 0 spiro atoms. The average Bonchev–Trinajstić information content (AvgIpc) is 2.37. The van der Waals surface area contributed by atoms with Gasteiger partial charge in [0.1, 0.15) is 0 Å². The van der Waals surface area contributed by atoms with Gasteiger partial charge in [-0.25, -0.2) is 13.1 Å². The summed E-state index contributed by atoms with van der Waals surface area (Å²) in [6, 6.07) is -0.185. The third-order valence-corrected chi connectivity index (χ3v) is 5.21. The van der Waals surface area contributed by atoms with Crippen LogP contribution in [0.1, 0.15) is 26.7 Å². The van der Waals surface area contributed by atoms with Gasteiger partial charge in [-0.15, -0.1) is 0 Å². The van der Waals surface area contributed by atoms with Gasteiger partial charge in [0.15, 0.2) is 5.25 Å². The molecule has 3 unspecified atom stereocenters. The first kappa shape index (κ1) is 15.4. The Hall–Kier alpha value is -0.660. The number of hydrogen-bond donors (Lipinski definition) is 2. The average molecular weight is 278 g/mol. The zero-order valence-electron chi connectivity index (χ0n) is 11.1. The van der Waals surface area contributed by atoms with E-state index in [1.54, 1.807) is 0 Å². The van der Waals surface area contributed by atoms with Crippen LogP contribution in [0.25, 0.3) is 0 Å². The third kappa shape index (κ3) is 3.93. The van der Waals surface area contributed by atoms with E-state index in [2.05, 4.69) is 14.8 Å². The summed E-state index contributed by atoms with van der Waals surface area (Å²) in [5.41, 5.74) is 0. The Morgan fingerprint density at radius 2 is 2.11 bits per heavy atom. The van der Waals surface area contributed by atoms with E-state index in [9.17, 15) is 13.2 Å². The molecule has 0 radical (unpaired) electrons. The maximum Gasteiger partial charge on any atom is 0.325 e. The van der Waals surface area contributed by atoms with Gasteiger partial charge in [0.05, 0.1) is 7.11 Å². The normalized spacial score (nSPS) is 24.3. The highest BCUT2D eigenvalue weighted by molar-refractivity contribution is 7.90. The number of esters is 1. The number of hydrogen-bond acceptors (Lipinski definition) is 5. The Kier molecular flexibility index (Phi) is 5.55. The van der Waals surface area contributed by atoms with Crippen molar-refractivity contribution in [2.24, 2.45) is 5.92 Å². The topological polar surface area (TPSA) is 84.5 Å². The van der Waals surface area contributed by atoms with Crippen molar-refractivity contribution in [3.05, 3.63) is 0 Å². The summed E-state index contributed by atoms with van der Waals surface area (Å²) in [5, 5.41) is 2.06. The molecule has 6 nitrogen and oxygen atoms in total. The quantitative estimate of drug-likeness (QED) is 0.684. The minimum absolute atomic E-state index is 0.185. The van der Waals surface area contributed by atoms with Crippen LogP contribution in [-0.4, -0.2) is 45.9 Å². The zero-order chi connectivity index (χ0) is 13.8. The Morgan fingerprint density at radius 3 is 2.61 bits per heavy atom. The lowest BCUT2D eigenvalue weighted by molar-refractivity contribution is -0.139. The van der Waals surface area contributed by atoms with Crippen molar-refractivity contribution < 1.29 is 17.9 Å². The van der Waals surface area contributed by atoms with Gasteiger partial charge in [0.2, 0.25) is 10.0 Å². The molecule has 1 aliphatic heterocycles. The first-order chi connectivity index (χ1) is 8.38. The largest absolute Gasteiger partial charge is 0.468 e. The highest BCUT2D eigenvalue weighted by Gasteiger charge is 2.32. The SMILES string of the molecule is COC(=O)C(C)S(=O)(=O)NC(C)C1CCCNC1. The number of sulfonamides is 1. The maximum atomic E-state index is 12.0. The van der Waals surface area contributed by atoms with E-state index < -0.39 is 21.2 Å². The second kappa shape index (κ2) is 6.49. The molecule has 1 heterocycles. The smallest absolute Gasteiger partial charge is 0.325 e. The summed E-state index contributed by atoms with van der Waals surface area (Å²) in [7, 11) is -2.49. The molecule has 106 valence electrons. The third-order valence-electron chi connectivity index (χ3n) is 3.39. The number of nitrogens with one attached hydrogen (secondary N) is 2. The van der Waals surface area contributed by atoms with Crippen LogP contribution in [0.3, 0.4) is 0 Å². The molecule has 0 bridgehead atoms. The summed E-state index contributed by atoms with van der Waals surface area (Å²) in [6.07, 6.45) is 2.03. The Bertz CT molecular complexity index is 377. The van der Waals surface area contributed by atoms with E-state index in [0.717, 1.165) is 25.9 Å². The van der Waals surface area contributed by atoms with Gasteiger partial charge in [0, 0.05) is 6.04 Å². The zero-order valence-corrected chi connectivity index (χ0v) is 11.9. The fourth-order valence-corrected chi connectivity index (χ4v) is 3.32. The monoisotopic (exact) mass is 278 g/mol. The molecule has 18 heavy (non-hydrogen) atoms. The van der Waals surface area contributed by atoms with Gasteiger partial charge in [0.25, 0.3) is 0 Å². The summed E-state index contributed by atoms with van der Waals surface area (Å²) < 4.78 is 30.9. The van der Waals surface area contributed by atoms with E-state index in [4.69, 9.17) is 0 Å². The number of ether oxygens (including phenoxy) is 1. The van der Waals surface area contributed by atoms with Crippen LogP contribution in [-0.2, 0) is 19.6 Å². The van der Waals surface area contributed by atoms with Crippen LogP contribution in [0, 0.1) is 5.92 Å². The summed E-state index contributed by atoms with van der Waals surface area (Å²) in [5.74, 6) is -0.477. The number of rotatable bonds is 5. The lowest BCUT2D eigenvalue weighted by atomic mass is 9.94. The Balaban J connectivity index is 2.61. The lowest BCUT2D eigenvalue weighted by Gasteiger charge is -2.29. The molecule has 3 atom stereocenters. The van der Waals surface area contributed by atoms with Gasteiger partial charge in [-0.3, -0.25) is 4.79 Å². The van der Waals surface area contributed by atoms with Gasteiger partial charge in [-0.2, -0.15) is 0 Å². The second-order valence-electron chi connectivity index (χ2n) is 4.72. The number of piperidine rings is 1. The van der Waals surface area contributed by atoms with Crippen molar-refractivity contribution in [1.82, 2.24) is 10.0 Å². The fourth-order valence-electron chi connectivity index (χ4n) is 2.06. The minimum Gasteiger partial charge on any atom is -0.468 e. The molecule has 0 aliphatic carbocycles. The van der Waals surface area contributed by atoms with Crippen molar-refractivity contribution in [3.63, 3.8) is 0 Å². The Morgan fingerprint density at radius 1 is 1.44 bits per heavy atom. The number of carbonyl (C=O) groups is 1. The van der Waals surface area contributed by atoms with Crippen LogP contribution >= 0.6 is 0 Å². The van der Waals surface area contributed by atoms with Crippen molar-refractivity contribution in [3.8, 4) is 0 Å². The summed E-state index contributed by atoms with van der Waals surface area (Å²) in [4.78, 5) is 11.3. The van der Waals surface area contributed by atoms with Gasteiger partial charge in [-0.1, -0.05) is 0 Å². The van der Waals surface area contributed by atoms with Crippen molar-refractivity contribution >= 4 is 16.0 Å². The highest BCUT2D eigenvalue weighted by atomic mass is 32.2. The molecule has 7 heteroatoms. The lowest BCUT2D eigenvalue weighted by Crippen LogP contribution is -2.48. The molecule has 0 amide bonds. The minimum atomic E-state index is -3.67. The van der Waals surface area contributed by atoms with Crippen LogP contribution in [0.2, 0.25) is 0 Å². The summed E-state index contributed by atoms with van der Waals surface area (Å²) >= 11 is 0. The number of carbonyl (C=O) groups excluding carboxylic acids is 1. The van der Waals surface area contributed by atoms with Crippen LogP contribution in [0.15, 0.2) is 0 Å². The summed E-state index contributed by atoms with van der Waals surface area (Å²) in [6.45, 7) is 4.95. The van der Waals surface area contributed by atoms with Crippen LogP contribution < -0.4 is 10.0 Å². The molecule has 0 aromatic heterocycles. The second-order valence-corrected chi connectivity index (χ2v) is 6.76. The van der Waals surface area contributed by atoms with Gasteiger partial charge >= 0.3 is 5.97 Å². The van der Waals surface area contributed by atoms with Crippen molar-refractivity contribution in [1.29, 1.82) is 0 Å². The maximum absolute atomic E-state index is 12.0. The standard InChI is InChI=1S/C11H22N2O4S/c1-8(10-5-4-6-12-7-10)13-18(15,16)9(2)11(14)17-3/h8-10,12-13H,4-7H2,1-3H3. The van der Waals surface area contributed by atoms with E-state index in [-0.39, 0.29) is 12.0 Å². The predicted octanol–water partition coefficient (Wildman–Crippen LogP) is -0.145. The first-order valence-corrected chi connectivity index (χ1v) is 7.72. The molecule has 0 saturated carbocycles. The molecule has 1 saturated heterocycles. The first-order valence-electron chi connectivity index (χ1n) is 6.18. The fraction of sp³-hybridized carbons (Fsp3) is 0.909. The van der Waals surface area contributed by atoms with E-state index in [1.807, 2.05) is 6.92 Å². The number of methoxy groups -OCH3 is 1. The van der Waals surface area contributed by atoms with E-state index in [1.165, 1.54) is 14.0 Å². The molecule has 1 fully saturated rings. The Labute approximate surface area is 109 Å². The van der Waals surface area contributed by atoms with Gasteiger partial charge < -0.3 is 10.1 Å². The molecule has 2 N–H and O–H groups in total. The molecule has 0 aromatic carbocycles. The highest BCUT2D eigenvalue weighted by Crippen LogP contribution is 2.15. The van der Waals surface area contributed by atoms with Crippen molar-refractivity contribution in [2.75, 3.05) is 20.2 Å². The molecular weight excluding hydrogens is 256 g/mol. The van der Waals surface area contributed by atoms with E-state index in [0.29, 0.717) is 0 Å². The van der Waals surface area contributed by atoms with E-state index >= 15 is 0 Å². The van der Waals surface area contributed by atoms with Gasteiger partial charge in [-0.05, 0) is 45.7 Å². The van der Waals surface area contributed by atoms with Crippen LogP contribution in [0.4, 0.5) is 0 Å². The molecular formula is C11H22N2O4S. The van der Waals surface area contributed by atoms with Crippen molar-refractivity contribution in [2.45, 2.75) is 38.0 Å².